The molecule has 2 unspecified atom stereocenters. The smallest absolute Gasteiger partial charge is 1.00 e. The minimum absolute atomic E-state index is 0. The number of halogens is 2. The van der Waals surface area contributed by atoms with Gasteiger partial charge in [0.1, 0.15) is 0 Å². The monoisotopic (exact) mass is 724 g/mol. The van der Waals surface area contributed by atoms with E-state index in [4.69, 9.17) is 0 Å². The predicted molar refractivity (Wildman–Crippen MR) is 190 cm³/mol. The molecular weight excluding hydrogens is 679 g/mol. The van der Waals surface area contributed by atoms with Crippen LogP contribution < -0.4 is 24.8 Å². The molecule has 0 aromatic heterocycles. The zero-order chi connectivity index (χ0) is 31.6. The van der Waals surface area contributed by atoms with Gasteiger partial charge < -0.3 is 24.8 Å². The van der Waals surface area contributed by atoms with Crippen molar-refractivity contribution in [3.63, 3.8) is 0 Å². The van der Waals surface area contributed by atoms with E-state index < -0.39 is 21.3 Å². The van der Waals surface area contributed by atoms with E-state index in [1.807, 2.05) is 0 Å². The molecule has 0 spiro atoms. The van der Waals surface area contributed by atoms with E-state index in [1.165, 1.54) is 44.5 Å². The number of hydrogen-bond acceptors (Lipinski definition) is 0. The van der Waals surface area contributed by atoms with E-state index in [2.05, 4.69) is 166 Å². The van der Waals surface area contributed by atoms with Gasteiger partial charge in [-0.2, -0.15) is 0 Å². The van der Waals surface area contributed by atoms with Crippen LogP contribution in [0.2, 0.25) is 0 Å². The van der Waals surface area contributed by atoms with Gasteiger partial charge in [0.05, 0.1) is 0 Å². The Morgan fingerprint density at radius 2 is 0.870 bits per heavy atom. The Hall–Kier alpha value is -2.31. The van der Waals surface area contributed by atoms with Gasteiger partial charge in [0.25, 0.3) is 0 Å². The fraction of sp³-hybridized carbons (Fsp3) is 0.326. The van der Waals surface area contributed by atoms with Crippen molar-refractivity contribution in [3.05, 3.63) is 129 Å². The van der Waals surface area contributed by atoms with Crippen LogP contribution in [0.25, 0.3) is 34.4 Å². The topological polar surface area (TPSA) is 0 Å². The summed E-state index contributed by atoms with van der Waals surface area (Å²) in [5.74, 6) is 0. The Morgan fingerprint density at radius 3 is 1.17 bits per heavy atom. The first kappa shape index (κ1) is 36.5. The van der Waals surface area contributed by atoms with E-state index in [0.717, 1.165) is 0 Å². The summed E-state index contributed by atoms with van der Waals surface area (Å²) < 4.78 is 2.81. The summed E-state index contributed by atoms with van der Waals surface area (Å²) in [5.41, 5.74) is 17.6. The molecule has 0 N–H and O–H groups in total. The maximum absolute atomic E-state index is 2.53. The van der Waals surface area contributed by atoms with Crippen molar-refractivity contribution in [3.8, 4) is 22.3 Å². The Bertz CT molecular complexity index is 1700. The molecule has 2 aliphatic rings. The molecule has 0 fully saturated rings. The summed E-state index contributed by atoms with van der Waals surface area (Å²) in [5, 5.41) is 0. The van der Waals surface area contributed by atoms with E-state index in [-0.39, 0.29) is 35.6 Å². The van der Waals surface area contributed by atoms with Crippen LogP contribution in [-0.4, -0.2) is 3.21 Å². The number of allylic oxidation sites excluding steroid dienone is 2. The van der Waals surface area contributed by atoms with Crippen molar-refractivity contribution in [1.29, 1.82) is 0 Å². The Morgan fingerprint density at radius 1 is 0.522 bits per heavy atom. The van der Waals surface area contributed by atoms with Crippen molar-refractivity contribution >= 4 is 15.4 Å². The van der Waals surface area contributed by atoms with Crippen LogP contribution in [0, 0.1) is 0 Å². The molecule has 2 atom stereocenters. The molecule has 3 heteroatoms. The van der Waals surface area contributed by atoms with Gasteiger partial charge in [-0.15, -0.1) is 0 Å². The van der Waals surface area contributed by atoms with Gasteiger partial charge in [-0.05, 0) is 0 Å². The fourth-order valence-electron chi connectivity index (χ4n) is 7.48. The molecule has 4 aromatic rings. The number of fused-ring (bicyclic) bond motifs is 2. The Balaban J connectivity index is 0.00000240. The third-order valence-electron chi connectivity index (χ3n) is 9.88. The third-order valence-corrected chi connectivity index (χ3v) is 19.5. The zero-order valence-corrected chi connectivity index (χ0v) is 33.1. The quantitative estimate of drug-likeness (QED) is 0.240. The zero-order valence-electron chi connectivity index (χ0n) is 29.1. The van der Waals surface area contributed by atoms with Gasteiger partial charge in [0.15, 0.2) is 0 Å². The van der Waals surface area contributed by atoms with Crippen molar-refractivity contribution in [2.45, 2.75) is 87.3 Å². The van der Waals surface area contributed by atoms with Crippen molar-refractivity contribution < 1.29 is 46.1 Å². The molecule has 2 aliphatic carbocycles. The van der Waals surface area contributed by atoms with Crippen molar-refractivity contribution in [1.82, 2.24) is 0 Å². The van der Waals surface area contributed by atoms with Crippen molar-refractivity contribution in [2.24, 2.45) is 0 Å². The van der Waals surface area contributed by atoms with Gasteiger partial charge in [0, 0.05) is 0 Å². The summed E-state index contributed by atoms with van der Waals surface area (Å²) in [6.45, 7) is 23.4. The number of hydrogen-bond donors (Lipinski definition) is 0. The fourth-order valence-corrected chi connectivity index (χ4v) is 16.8. The van der Waals surface area contributed by atoms with Gasteiger partial charge in [-0.25, -0.2) is 0 Å². The summed E-state index contributed by atoms with van der Waals surface area (Å²) in [6, 6.07) is 32.8. The molecule has 0 saturated carbocycles. The Kier molecular flexibility index (Phi) is 10.9. The number of benzene rings is 4. The number of rotatable bonds is 4. The minimum Gasteiger partial charge on any atom is -1.00 e. The SMILES string of the molecule is CC1=Cc2c(-c3ccc(C(C)(C)C)cc3)cccc2[CH]1[Zr+2](=[C](C)C)[CH]1C(C)=Cc2c(-c3ccc(C(C)(C)C)cc3)cccc21.[Cl-].[Cl-]. The van der Waals surface area contributed by atoms with Crippen LogP contribution in [0.3, 0.4) is 0 Å². The van der Waals surface area contributed by atoms with Crippen LogP contribution in [0.4, 0.5) is 0 Å². The van der Waals surface area contributed by atoms with E-state index in [1.54, 1.807) is 25.5 Å². The third kappa shape index (κ3) is 6.68. The second-order valence-corrected chi connectivity index (χ2v) is 22.9. The maximum Gasteiger partial charge on any atom is -1.00 e. The van der Waals surface area contributed by atoms with Crippen LogP contribution in [-0.2, 0) is 32.1 Å². The Labute approximate surface area is 298 Å². The molecular formula is C43H48Cl2Zr. The summed E-state index contributed by atoms with van der Waals surface area (Å²) >= 11 is -2.30. The van der Waals surface area contributed by atoms with Crippen LogP contribution >= 0.6 is 0 Å². The summed E-state index contributed by atoms with van der Waals surface area (Å²) in [4.78, 5) is 0. The van der Waals surface area contributed by atoms with Crippen molar-refractivity contribution in [2.75, 3.05) is 0 Å². The maximum atomic E-state index is 2.53. The molecule has 238 valence electrons. The molecule has 0 saturated heterocycles. The first-order valence-electron chi connectivity index (χ1n) is 16.3. The average Bonchev–Trinajstić information content (AvgIpc) is 3.48. The molecule has 0 nitrogen and oxygen atoms in total. The first-order chi connectivity index (χ1) is 20.8. The molecule has 0 heterocycles. The summed E-state index contributed by atoms with van der Waals surface area (Å²) in [7, 11) is 0. The van der Waals surface area contributed by atoms with E-state index in [0.29, 0.717) is 7.25 Å². The predicted octanol–water partition coefficient (Wildman–Crippen LogP) is 6.07. The van der Waals surface area contributed by atoms with Gasteiger partial charge in [-0.1, -0.05) is 0 Å². The second-order valence-electron chi connectivity index (χ2n) is 15.4. The molecule has 0 radical (unpaired) electrons. The van der Waals surface area contributed by atoms with Crippen LogP contribution in [0.1, 0.15) is 110 Å². The minimum atomic E-state index is -2.30. The second kappa shape index (κ2) is 13.7. The molecule has 0 amide bonds. The summed E-state index contributed by atoms with van der Waals surface area (Å²) in [6.07, 6.45) is 5.05. The van der Waals surface area contributed by atoms with Gasteiger partial charge in [0.2, 0.25) is 0 Å². The van der Waals surface area contributed by atoms with Gasteiger partial charge in [-0.3, -0.25) is 0 Å². The standard InChI is InChI=1S/2C20H21.C3H6.2ClH.Zr/c2*1-14-12-16-6-5-7-18(19(16)13-14)15-8-10-17(11-9-15)20(2,3)4;1-3-2;;;/h2*5-13H,1-4H3;1-2H3;2*1H;/q;;;;;+2/p-2. The molecule has 0 aliphatic heterocycles. The molecule has 6 rings (SSSR count). The molecule has 46 heavy (non-hydrogen) atoms. The van der Waals surface area contributed by atoms with Crippen LogP contribution in [0.15, 0.2) is 96.1 Å². The molecule has 0 bridgehead atoms. The normalized spacial score (nSPS) is 16.6. The van der Waals surface area contributed by atoms with Crippen LogP contribution in [0.5, 0.6) is 0 Å². The van der Waals surface area contributed by atoms with Gasteiger partial charge >= 0.3 is 276 Å². The van der Waals surface area contributed by atoms with E-state index in [9.17, 15) is 0 Å². The molecule has 4 aromatic carbocycles. The first-order valence-corrected chi connectivity index (χ1v) is 20.3. The van der Waals surface area contributed by atoms with E-state index >= 15 is 0 Å². The largest absolute Gasteiger partial charge is 1.00 e. The average molecular weight is 727 g/mol.